The van der Waals surface area contributed by atoms with Gasteiger partial charge in [0.05, 0.1) is 32.0 Å². The second kappa shape index (κ2) is 14.3. The van der Waals surface area contributed by atoms with E-state index in [1.54, 1.807) is 14.2 Å². The third-order valence-corrected chi connectivity index (χ3v) is 12.6. The van der Waals surface area contributed by atoms with Crippen LogP contribution in [0.15, 0.2) is 23.8 Å². The van der Waals surface area contributed by atoms with Gasteiger partial charge in [0, 0.05) is 19.1 Å². The van der Waals surface area contributed by atoms with Crippen molar-refractivity contribution in [1.29, 1.82) is 0 Å². The van der Waals surface area contributed by atoms with E-state index in [4.69, 9.17) is 23.4 Å². The molecule has 0 aliphatic heterocycles. The smallest absolute Gasteiger partial charge is 0.200 e. The molecule has 1 rings (SSSR count). The monoisotopic (exact) mass is 508 g/mol. The molecule has 6 heteroatoms. The number of hydrogen-bond acceptors (Lipinski definition) is 5. The molecule has 0 aliphatic carbocycles. The fourth-order valence-electron chi connectivity index (χ4n) is 5.26. The molecule has 0 saturated heterocycles. The summed E-state index contributed by atoms with van der Waals surface area (Å²) in [5.41, 5.74) is 3.76. The standard InChI is InChI=1S/C29H52O5Si/c1-19(2)33-27-14-15-28(34-20(3)4)29(31-13)26(27)17-24(11)16-25(30-12)18-32-35(21(5)6,22(7)8)23(9)10/h14-16,19-23,25H,17-18H2,1-13H3/b24-16+/t25-/m0/s1. The maximum Gasteiger partial charge on any atom is 0.200 e. The van der Waals surface area contributed by atoms with Crippen molar-refractivity contribution in [2.75, 3.05) is 20.8 Å². The highest BCUT2D eigenvalue weighted by atomic mass is 28.4. The Balaban J connectivity index is 3.27. The minimum atomic E-state index is -1.96. The average molecular weight is 509 g/mol. The zero-order chi connectivity index (χ0) is 26.9. The summed E-state index contributed by atoms with van der Waals surface area (Å²) < 4.78 is 30.6. The molecule has 1 aromatic carbocycles. The topological polar surface area (TPSA) is 46.2 Å². The first-order valence-corrected chi connectivity index (χ1v) is 15.3. The zero-order valence-corrected chi connectivity index (χ0v) is 25.7. The molecule has 35 heavy (non-hydrogen) atoms. The van der Waals surface area contributed by atoms with Crippen LogP contribution in [-0.4, -0.2) is 47.5 Å². The fourth-order valence-corrected chi connectivity index (χ4v) is 10.7. The number of methoxy groups -OCH3 is 2. The molecule has 0 unspecified atom stereocenters. The van der Waals surface area contributed by atoms with E-state index in [0.717, 1.165) is 22.8 Å². The Kier molecular flexibility index (Phi) is 12.9. The van der Waals surface area contributed by atoms with E-state index in [0.29, 0.717) is 29.7 Å². The molecule has 0 radical (unpaired) electrons. The predicted molar refractivity (Wildman–Crippen MR) is 150 cm³/mol. The van der Waals surface area contributed by atoms with Crippen molar-refractivity contribution in [2.24, 2.45) is 0 Å². The molecule has 0 aromatic heterocycles. The first kappa shape index (κ1) is 31.5. The van der Waals surface area contributed by atoms with E-state index < -0.39 is 8.32 Å². The summed E-state index contributed by atoms with van der Waals surface area (Å²) in [7, 11) is 1.48. The van der Waals surface area contributed by atoms with Gasteiger partial charge in [-0.05, 0) is 63.4 Å². The van der Waals surface area contributed by atoms with Gasteiger partial charge < -0.3 is 23.4 Å². The average Bonchev–Trinajstić information content (AvgIpc) is 2.73. The van der Waals surface area contributed by atoms with Crippen LogP contribution in [0.2, 0.25) is 16.6 Å². The molecule has 0 fully saturated rings. The summed E-state index contributed by atoms with van der Waals surface area (Å²) in [5, 5.41) is 0. The molecule has 5 nitrogen and oxygen atoms in total. The van der Waals surface area contributed by atoms with Crippen LogP contribution < -0.4 is 14.2 Å². The van der Waals surface area contributed by atoms with Gasteiger partial charge in [-0.1, -0.05) is 53.2 Å². The minimum absolute atomic E-state index is 0.0487. The minimum Gasteiger partial charge on any atom is -0.492 e. The highest BCUT2D eigenvalue weighted by molar-refractivity contribution is 6.77. The van der Waals surface area contributed by atoms with Crippen molar-refractivity contribution in [3.63, 3.8) is 0 Å². The Hall–Kier alpha value is -1.50. The quantitative estimate of drug-likeness (QED) is 0.178. The summed E-state index contributed by atoms with van der Waals surface area (Å²) in [6.45, 7) is 24.6. The highest BCUT2D eigenvalue weighted by Gasteiger charge is 2.45. The van der Waals surface area contributed by atoms with Crippen LogP contribution in [0.25, 0.3) is 0 Å². The second-order valence-corrected chi connectivity index (χ2v) is 16.5. The van der Waals surface area contributed by atoms with E-state index in [1.807, 2.05) is 39.8 Å². The van der Waals surface area contributed by atoms with Gasteiger partial charge in [-0.25, -0.2) is 0 Å². The third-order valence-electron chi connectivity index (χ3n) is 6.54. The van der Waals surface area contributed by atoms with E-state index in [2.05, 4.69) is 54.5 Å². The normalized spacial score (nSPS) is 13.9. The summed E-state index contributed by atoms with van der Waals surface area (Å²) in [5.74, 6) is 2.27. The Morgan fingerprint density at radius 3 is 1.71 bits per heavy atom. The van der Waals surface area contributed by atoms with E-state index in [9.17, 15) is 0 Å². The first-order chi connectivity index (χ1) is 16.3. The molecule has 0 saturated carbocycles. The van der Waals surface area contributed by atoms with Crippen molar-refractivity contribution in [1.82, 2.24) is 0 Å². The van der Waals surface area contributed by atoms with Crippen LogP contribution in [-0.2, 0) is 15.6 Å². The second-order valence-electron chi connectivity index (χ2n) is 11.0. The SMILES string of the molecule is COc1c(OC(C)C)ccc(OC(C)C)c1C/C(C)=C/[C@@H](CO[Si](C(C)C)(C(C)C)C(C)C)OC. The predicted octanol–water partition coefficient (Wildman–Crippen LogP) is 7.97. The summed E-state index contributed by atoms with van der Waals surface area (Å²) in [4.78, 5) is 0. The van der Waals surface area contributed by atoms with Crippen LogP contribution in [0.3, 0.4) is 0 Å². The largest absolute Gasteiger partial charge is 0.492 e. The van der Waals surface area contributed by atoms with Crippen molar-refractivity contribution in [2.45, 2.75) is 118 Å². The van der Waals surface area contributed by atoms with E-state index >= 15 is 0 Å². The first-order valence-electron chi connectivity index (χ1n) is 13.2. The number of ether oxygens (including phenoxy) is 4. The van der Waals surface area contributed by atoms with Gasteiger partial charge in [0.2, 0.25) is 0 Å². The maximum atomic E-state index is 6.80. The molecule has 0 heterocycles. The molecule has 0 spiro atoms. The molecule has 1 atom stereocenters. The Labute approximate surface area is 216 Å². The third kappa shape index (κ3) is 8.54. The highest BCUT2D eigenvalue weighted by Crippen LogP contribution is 2.43. The maximum absolute atomic E-state index is 6.80. The number of rotatable bonds is 15. The summed E-state index contributed by atoms with van der Waals surface area (Å²) >= 11 is 0. The van der Waals surface area contributed by atoms with Crippen LogP contribution in [0, 0.1) is 0 Å². The van der Waals surface area contributed by atoms with Crippen LogP contribution in [0.5, 0.6) is 17.2 Å². The van der Waals surface area contributed by atoms with Crippen molar-refractivity contribution < 1.29 is 23.4 Å². The number of benzene rings is 1. The number of hydrogen-bond donors (Lipinski definition) is 0. The molecule has 0 N–H and O–H groups in total. The molecule has 0 amide bonds. The summed E-state index contributed by atoms with van der Waals surface area (Å²) in [6, 6.07) is 3.91. The van der Waals surface area contributed by atoms with Gasteiger partial charge >= 0.3 is 0 Å². The molecule has 0 bridgehead atoms. The molecule has 202 valence electrons. The van der Waals surface area contributed by atoms with Crippen molar-refractivity contribution >= 4 is 8.32 Å². The van der Waals surface area contributed by atoms with Gasteiger partial charge in [0.1, 0.15) is 5.75 Å². The van der Waals surface area contributed by atoms with Gasteiger partial charge in [-0.3, -0.25) is 0 Å². The van der Waals surface area contributed by atoms with Gasteiger partial charge in [0.25, 0.3) is 0 Å². The van der Waals surface area contributed by atoms with Gasteiger partial charge in [-0.2, -0.15) is 0 Å². The lowest BCUT2D eigenvalue weighted by Gasteiger charge is -2.42. The van der Waals surface area contributed by atoms with Crippen LogP contribution in [0.4, 0.5) is 0 Å². The van der Waals surface area contributed by atoms with Crippen molar-refractivity contribution in [3.05, 3.63) is 29.3 Å². The lowest BCUT2D eigenvalue weighted by molar-refractivity contribution is 0.0833. The molecular formula is C29H52O5Si. The zero-order valence-electron chi connectivity index (χ0n) is 24.7. The molecule has 0 aliphatic rings. The Bertz CT molecular complexity index is 777. The van der Waals surface area contributed by atoms with Crippen molar-refractivity contribution in [3.8, 4) is 17.2 Å². The lowest BCUT2D eigenvalue weighted by Crippen LogP contribution is -2.49. The lowest BCUT2D eigenvalue weighted by atomic mass is 10.0. The fraction of sp³-hybridized carbons (Fsp3) is 0.724. The molecule has 1 aromatic rings. The van der Waals surface area contributed by atoms with E-state index in [1.165, 1.54) is 5.57 Å². The van der Waals surface area contributed by atoms with E-state index in [-0.39, 0.29) is 18.3 Å². The Morgan fingerprint density at radius 1 is 0.800 bits per heavy atom. The Morgan fingerprint density at radius 2 is 1.29 bits per heavy atom. The van der Waals surface area contributed by atoms with Crippen LogP contribution >= 0.6 is 0 Å². The summed E-state index contributed by atoms with van der Waals surface area (Å²) in [6.07, 6.45) is 2.83. The van der Waals surface area contributed by atoms with Gasteiger partial charge in [-0.15, -0.1) is 0 Å². The van der Waals surface area contributed by atoms with Crippen LogP contribution in [0.1, 0.15) is 81.7 Å². The number of allylic oxidation sites excluding steroid dienone is 1. The molecular weight excluding hydrogens is 456 g/mol. The van der Waals surface area contributed by atoms with Gasteiger partial charge in [0.15, 0.2) is 19.8 Å².